The van der Waals surface area contributed by atoms with E-state index in [9.17, 15) is 4.79 Å². The van der Waals surface area contributed by atoms with Crippen LogP contribution < -0.4 is 0 Å². The van der Waals surface area contributed by atoms with E-state index in [1.54, 1.807) is 6.34 Å². The van der Waals surface area contributed by atoms with Gasteiger partial charge in [0.15, 0.2) is 0 Å². The number of hydrogen-bond donors (Lipinski definition) is 1. The lowest BCUT2D eigenvalue weighted by atomic mass is 10.2. The summed E-state index contributed by atoms with van der Waals surface area (Å²) in [7, 11) is 0. The van der Waals surface area contributed by atoms with E-state index >= 15 is 0 Å². The Bertz CT molecular complexity index is 261. The van der Waals surface area contributed by atoms with Crippen molar-refractivity contribution in [1.82, 2.24) is 4.90 Å². The minimum absolute atomic E-state index is 0.231. The summed E-state index contributed by atoms with van der Waals surface area (Å²) < 4.78 is 5.31. The van der Waals surface area contributed by atoms with Crippen molar-refractivity contribution < 1.29 is 9.53 Å². The molecule has 0 aromatic heterocycles. The molecule has 1 atom stereocenters. The molecule has 0 bridgehead atoms. The molecule has 0 aromatic rings. The van der Waals surface area contributed by atoms with Gasteiger partial charge in [0.25, 0.3) is 0 Å². The van der Waals surface area contributed by atoms with E-state index in [0.717, 1.165) is 13.1 Å². The fourth-order valence-electron chi connectivity index (χ4n) is 1.31. The van der Waals surface area contributed by atoms with Gasteiger partial charge in [-0.05, 0) is 20.8 Å². The Balaban J connectivity index is 2.58. The molecular weight excluding hydrogens is 212 g/mol. The summed E-state index contributed by atoms with van der Waals surface area (Å²) in [6.07, 6.45) is 1.70. The van der Waals surface area contributed by atoms with Gasteiger partial charge in [-0.1, -0.05) is 0 Å². The number of carbonyl (C=O) groups is 1. The first kappa shape index (κ1) is 12.4. The van der Waals surface area contributed by atoms with Gasteiger partial charge in [0.05, 0.1) is 12.9 Å². The highest BCUT2D eigenvalue weighted by Gasteiger charge is 2.29. The summed E-state index contributed by atoms with van der Waals surface area (Å²) in [6.45, 7) is 7.09. The van der Waals surface area contributed by atoms with Gasteiger partial charge < -0.3 is 9.64 Å². The van der Waals surface area contributed by atoms with E-state index in [1.807, 2.05) is 25.7 Å². The average molecular weight is 230 g/mol. The van der Waals surface area contributed by atoms with E-state index in [1.165, 1.54) is 0 Å². The number of aliphatic imine (C=N–C) groups is 1. The number of esters is 1. The van der Waals surface area contributed by atoms with Crippen molar-refractivity contribution in [3.05, 3.63) is 0 Å². The monoisotopic (exact) mass is 230 g/mol. The van der Waals surface area contributed by atoms with E-state index in [2.05, 4.69) is 17.6 Å². The fourth-order valence-corrected chi connectivity index (χ4v) is 1.67. The second kappa shape index (κ2) is 4.88. The summed E-state index contributed by atoms with van der Waals surface area (Å²) in [5.74, 6) is 0.215. The molecule has 15 heavy (non-hydrogen) atoms. The van der Waals surface area contributed by atoms with Gasteiger partial charge in [0, 0.05) is 12.3 Å². The van der Waals surface area contributed by atoms with Crippen LogP contribution in [0.5, 0.6) is 0 Å². The number of hydrogen-bond acceptors (Lipinski definition) is 5. The highest BCUT2D eigenvalue weighted by Crippen LogP contribution is 2.12. The van der Waals surface area contributed by atoms with Crippen LogP contribution in [0.2, 0.25) is 0 Å². The van der Waals surface area contributed by atoms with Gasteiger partial charge >= 0.3 is 5.97 Å². The van der Waals surface area contributed by atoms with E-state index in [0.29, 0.717) is 5.75 Å². The molecule has 4 nitrogen and oxygen atoms in total. The Hall–Kier alpha value is -0.710. The number of nitrogens with zero attached hydrogens (tertiary/aromatic N) is 2. The van der Waals surface area contributed by atoms with Gasteiger partial charge in [-0.25, -0.2) is 4.79 Å². The first-order chi connectivity index (χ1) is 6.94. The minimum atomic E-state index is -0.449. The predicted molar refractivity (Wildman–Crippen MR) is 63.6 cm³/mol. The average Bonchev–Trinajstić information content (AvgIpc) is 2.54. The van der Waals surface area contributed by atoms with Crippen molar-refractivity contribution in [1.29, 1.82) is 0 Å². The third kappa shape index (κ3) is 3.74. The van der Waals surface area contributed by atoms with E-state index in [4.69, 9.17) is 4.74 Å². The van der Waals surface area contributed by atoms with Crippen LogP contribution in [0.1, 0.15) is 20.8 Å². The Morgan fingerprint density at radius 3 is 2.73 bits per heavy atom. The van der Waals surface area contributed by atoms with Crippen LogP contribution in [0.4, 0.5) is 0 Å². The minimum Gasteiger partial charge on any atom is -0.458 e. The molecule has 86 valence electrons. The van der Waals surface area contributed by atoms with Crippen LogP contribution in [0.25, 0.3) is 0 Å². The summed E-state index contributed by atoms with van der Waals surface area (Å²) >= 11 is 4.18. The maximum Gasteiger partial charge on any atom is 0.330 e. The molecule has 0 amide bonds. The van der Waals surface area contributed by atoms with Crippen molar-refractivity contribution in [2.24, 2.45) is 4.99 Å². The lowest BCUT2D eigenvalue weighted by molar-refractivity contribution is -0.158. The normalized spacial score (nSPS) is 18.0. The third-order valence-corrected chi connectivity index (χ3v) is 2.32. The van der Waals surface area contributed by atoms with Gasteiger partial charge in [0.1, 0.15) is 11.6 Å². The van der Waals surface area contributed by atoms with Crippen molar-refractivity contribution in [3.63, 3.8) is 0 Å². The zero-order chi connectivity index (χ0) is 11.5. The Kier molecular flexibility index (Phi) is 4.02. The van der Waals surface area contributed by atoms with Crippen LogP contribution >= 0.6 is 12.6 Å². The second-order valence-electron chi connectivity index (χ2n) is 4.49. The smallest absolute Gasteiger partial charge is 0.330 e. The molecule has 0 aromatic carbocycles. The van der Waals surface area contributed by atoms with Crippen LogP contribution in [0.3, 0.4) is 0 Å². The van der Waals surface area contributed by atoms with Crippen molar-refractivity contribution in [2.45, 2.75) is 32.4 Å². The zero-order valence-corrected chi connectivity index (χ0v) is 10.3. The molecule has 1 unspecified atom stereocenters. The third-order valence-electron chi connectivity index (χ3n) is 1.97. The number of rotatable bonds is 3. The van der Waals surface area contributed by atoms with Gasteiger partial charge in [-0.15, -0.1) is 0 Å². The maximum atomic E-state index is 11.8. The Morgan fingerprint density at radius 2 is 2.33 bits per heavy atom. The summed E-state index contributed by atoms with van der Waals surface area (Å²) in [4.78, 5) is 17.8. The molecule has 0 saturated heterocycles. The lowest BCUT2D eigenvalue weighted by Gasteiger charge is -2.27. The van der Waals surface area contributed by atoms with Crippen LogP contribution in [-0.2, 0) is 9.53 Å². The molecule has 1 aliphatic heterocycles. The van der Waals surface area contributed by atoms with Crippen molar-refractivity contribution >= 4 is 24.9 Å². The maximum absolute atomic E-state index is 11.8. The van der Waals surface area contributed by atoms with Gasteiger partial charge in [0.2, 0.25) is 0 Å². The molecule has 5 heteroatoms. The first-order valence-electron chi connectivity index (χ1n) is 5.03. The summed E-state index contributed by atoms with van der Waals surface area (Å²) in [5, 5.41) is 0. The van der Waals surface area contributed by atoms with Crippen LogP contribution in [-0.4, -0.2) is 47.7 Å². The van der Waals surface area contributed by atoms with Crippen LogP contribution in [0.15, 0.2) is 4.99 Å². The molecule has 1 rings (SSSR count). The van der Waals surface area contributed by atoms with Crippen molar-refractivity contribution in [3.8, 4) is 0 Å². The quantitative estimate of drug-likeness (QED) is 0.580. The first-order valence-corrected chi connectivity index (χ1v) is 5.67. The molecule has 1 heterocycles. The number of carbonyl (C=O) groups excluding carboxylic acids is 1. The molecule has 0 aliphatic carbocycles. The summed E-state index contributed by atoms with van der Waals surface area (Å²) in [5.41, 5.74) is -0.449. The number of thiol groups is 1. The molecule has 1 aliphatic rings. The van der Waals surface area contributed by atoms with Crippen molar-refractivity contribution in [2.75, 3.05) is 18.8 Å². The second-order valence-corrected chi connectivity index (χ2v) is 4.86. The van der Waals surface area contributed by atoms with Gasteiger partial charge in [-0.2, -0.15) is 12.6 Å². The van der Waals surface area contributed by atoms with Gasteiger partial charge in [-0.3, -0.25) is 4.99 Å². The molecule has 0 spiro atoms. The molecule has 0 fully saturated rings. The van der Waals surface area contributed by atoms with E-state index in [-0.39, 0.29) is 12.0 Å². The Labute approximate surface area is 96.1 Å². The number of ether oxygens (including phenoxy) is 1. The predicted octanol–water partition coefficient (Wildman–Crippen LogP) is 0.970. The lowest BCUT2D eigenvalue weighted by Crippen LogP contribution is -2.44. The summed E-state index contributed by atoms with van der Waals surface area (Å²) in [6, 6.07) is -0.321. The standard InChI is InChI=1S/C10H18N2O2S/c1-10(2,3)14-9(13)8(6-15)12-5-4-11-7-12/h7-8,15H,4-6H2,1-3H3. The Morgan fingerprint density at radius 1 is 1.67 bits per heavy atom. The van der Waals surface area contributed by atoms with Crippen LogP contribution in [0, 0.1) is 0 Å². The molecule has 0 saturated carbocycles. The fraction of sp³-hybridized carbons (Fsp3) is 0.800. The molecule has 0 N–H and O–H groups in total. The largest absolute Gasteiger partial charge is 0.458 e. The highest BCUT2D eigenvalue weighted by molar-refractivity contribution is 7.80. The molecular formula is C10H18N2O2S. The zero-order valence-electron chi connectivity index (χ0n) is 9.43. The van der Waals surface area contributed by atoms with E-state index < -0.39 is 5.60 Å². The SMILES string of the molecule is CC(C)(C)OC(=O)C(CS)N1C=NCC1. The molecule has 0 radical (unpaired) electrons. The highest BCUT2D eigenvalue weighted by atomic mass is 32.1. The topological polar surface area (TPSA) is 41.9 Å².